The molecule has 1 atom stereocenters. The van der Waals surface area contributed by atoms with Gasteiger partial charge in [0.05, 0.1) is 12.5 Å². The summed E-state index contributed by atoms with van der Waals surface area (Å²) in [4.78, 5) is 24.4. The van der Waals surface area contributed by atoms with E-state index in [0.29, 0.717) is 13.0 Å². The fourth-order valence-electron chi connectivity index (χ4n) is 1.98. The number of carbonyl (C=O) groups is 2. The number of alkyl carbamates (subject to hydrolysis) is 1. The topological polar surface area (TPSA) is 67.4 Å². The Kier molecular flexibility index (Phi) is 11.2. The van der Waals surface area contributed by atoms with Crippen LogP contribution < -0.4 is 34.6 Å². The Morgan fingerprint density at radius 1 is 1.16 bits per heavy atom. The monoisotopic (exact) mass is 480 g/mol. The van der Waals surface area contributed by atoms with E-state index in [1.165, 1.54) is 0 Å². The maximum absolute atomic E-state index is 12.5. The first-order valence-corrected chi connectivity index (χ1v) is 10.2. The molecule has 5 nitrogen and oxygen atoms in total. The Hall–Kier alpha value is -0.960. The van der Waals surface area contributed by atoms with E-state index < -0.39 is 17.7 Å². The lowest BCUT2D eigenvalue weighted by Gasteiger charge is -2.23. The predicted octanol–water partition coefficient (Wildman–Crippen LogP) is -0.532. The van der Waals surface area contributed by atoms with E-state index >= 15 is 0 Å². The highest BCUT2D eigenvalue weighted by Gasteiger charge is 2.25. The van der Waals surface area contributed by atoms with Crippen LogP contribution in [0.2, 0.25) is 0 Å². The molecule has 0 saturated carbocycles. The maximum atomic E-state index is 12.5. The van der Waals surface area contributed by atoms with Crippen LogP contribution in [0.15, 0.2) is 30.3 Å². The fourth-order valence-corrected chi connectivity index (χ4v) is 2.69. The molecular weight excluding hydrogens is 451 g/mol. The molecule has 25 heavy (non-hydrogen) atoms. The third kappa shape index (κ3) is 11.3. The smallest absolute Gasteiger partial charge is 0.408 e. The summed E-state index contributed by atoms with van der Waals surface area (Å²) >= 11 is 0. The summed E-state index contributed by atoms with van der Waals surface area (Å²) in [6, 6.07) is 9.11. The highest BCUT2D eigenvalue weighted by Crippen LogP contribution is 2.08. The van der Waals surface area contributed by atoms with Crippen LogP contribution in [0.5, 0.6) is 0 Å². The Balaban J connectivity index is 0.00000576. The standard InChI is InChI=1S/C18H28N2O3S.HI/c1-18(2,3)23-17(22)20-15(11-12-24(4)5)16(21)19-13-14-9-7-6-8-10-14;/h6-10,15H,11-13H2,1-5H3,(H-,19,20,21,22);1H/t15-;/m0./s1. The van der Waals surface area contributed by atoms with Crippen molar-refractivity contribution in [2.75, 3.05) is 18.3 Å². The molecule has 1 aromatic rings. The summed E-state index contributed by atoms with van der Waals surface area (Å²) in [7, 11) is 0.201. The van der Waals surface area contributed by atoms with Crippen molar-refractivity contribution in [1.82, 2.24) is 10.6 Å². The lowest BCUT2D eigenvalue weighted by Crippen LogP contribution is -3.00. The minimum atomic E-state index is -0.588. The molecule has 0 heterocycles. The summed E-state index contributed by atoms with van der Waals surface area (Å²) in [5.41, 5.74) is 0.433. The van der Waals surface area contributed by atoms with Crippen LogP contribution in [0.3, 0.4) is 0 Å². The van der Waals surface area contributed by atoms with E-state index in [4.69, 9.17) is 4.74 Å². The van der Waals surface area contributed by atoms with Crippen molar-refractivity contribution in [3.63, 3.8) is 0 Å². The van der Waals surface area contributed by atoms with Crippen molar-refractivity contribution in [2.45, 2.75) is 45.4 Å². The van der Waals surface area contributed by atoms with Gasteiger partial charge in [0.15, 0.2) is 0 Å². The van der Waals surface area contributed by atoms with Crippen LogP contribution in [0.4, 0.5) is 4.79 Å². The number of hydrogen-bond donors (Lipinski definition) is 2. The lowest BCUT2D eigenvalue weighted by atomic mass is 10.2. The van der Waals surface area contributed by atoms with Crippen molar-refractivity contribution in [3.05, 3.63) is 35.9 Å². The minimum Gasteiger partial charge on any atom is -1.00 e. The van der Waals surface area contributed by atoms with Gasteiger partial charge in [0.25, 0.3) is 0 Å². The van der Waals surface area contributed by atoms with Gasteiger partial charge in [0, 0.05) is 13.0 Å². The average molecular weight is 480 g/mol. The zero-order chi connectivity index (χ0) is 18.2. The van der Waals surface area contributed by atoms with Gasteiger partial charge in [-0.05, 0) is 37.2 Å². The number of nitrogens with one attached hydrogen (secondary N) is 2. The van der Waals surface area contributed by atoms with Gasteiger partial charge in [0.1, 0.15) is 17.4 Å². The molecule has 0 unspecified atom stereocenters. The highest BCUT2D eigenvalue weighted by atomic mass is 127. The van der Waals surface area contributed by atoms with Crippen molar-refractivity contribution in [3.8, 4) is 0 Å². The third-order valence-corrected chi connectivity index (χ3v) is 4.18. The van der Waals surface area contributed by atoms with E-state index in [0.717, 1.165) is 11.3 Å². The summed E-state index contributed by atoms with van der Waals surface area (Å²) in [6.45, 7) is 5.84. The molecule has 2 amide bonds. The van der Waals surface area contributed by atoms with E-state index in [1.54, 1.807) is 20.8 Å². The molecule has 0 aliphatic carbocycles. The van der Waals surface area contributed by atoms with Gasteiger partial charge >= 0.3 is 6.09 Å². The van der Waals surface area contributed by atoms with Crippen molar-refractivity contribution < 1.29 is 38.3 Å². The molecule has 142 valence electrons. The second kappa shape index (κ2) is 11.6. The van der Waals surface area contributed by atoms with Crippen LogP contribution in [0.1, 0.15) is 32.8 Å². The molecule has 7 heteroatoms. The van der Waals surface area contributed by atoms with Crippen molar-refractivity contribution in [2.24, 2.45) is 0 Å². The van der Waals surface area contributed by atoms with Gasteiger partial charge in [-0.2, -0.15) is 0 Å². The number of carbonyl (C=O) groups excluding carboxylic acids is 2. The SMILES string of the molecule is C[S+](C)CC[C@H](NC(=O)OC(C)(C)C)C(=O)NCc1ccccc1.[I-]. The summed E-state index contributed by atoms with van der Waals surface area (Å²) < 4.78 is 5.26. The van der Waals surface area contributed by atoms with Crippen LogP contribution in [-0.2, 0) is 27.0 Å². The van der Waals surface area contributed by atoms with Crippen molar-refractivity contribution >= 4 is 22.9 Å². The summed E-state index contributed by atoms with van der Waals surface area (Å²) in [5.74, 6) is 0.689. The van der Waals surface area contributed by atoms with Crippen LogP contribution in [0, 0.1) is 0 Å². The Morgan fingerprint density at radius 2 is 1.76 bits per heavy atom. The quantitative estimate of drug-likeness (QED) is 0.408. The van der Waals surface area contributed by atoms with E-state index in [-0.39, 0.29) is 40.8 Å². The van der Waals surface area contributed by atoms with Gasteiger partial charge in [-0.1, -0.05) is 30.3 Å². The number of ether oxygens (including phenoxy) is 1. The van der Waals surface area contributed by atoms with Crippen LogP contribution in [0.25, 0.3) is 0 Å². The zero-order valence-corrected chi connectivity index (χ0v) is 18.6. The molecule has 0 aromatic heterocycles. The fraction of sp³-hybridized carbons (Fsp3) is 0.556. The number of hydrogen-bond acceptors (Lipinski definition) is 3. The van der Waals surface area contributed by atoms with Gasteiger partial charge in [-0.15, -0.1) is 0 Å². The molecule has 1 rings (SSSR count). The van der Waals surface area contributed by atoms with Crippen LogP contribution >= 0.6 is 0 Å². The Morgan fingerprint density at radius 3 is 2.28 bits per heavy atom. The minimum absolute atomic E-state index is 0. The highest BCUT2D eigenvalue weighted by molar-refractivity contribution is 7.95. The molecule has 1 aromatic carbocycles. The Bertz CT molecular complexity index is 533. The summed E-state index contributed by atoms with van der Waals surface area (Å²) in [6.07, 6.45) is 4.27. The van der Waals surface area contributed by atoms with Crippen molar-refractivity contribution in [1.29, 1.82) is 0 Å². The average Bonchev–Trinajstić information content (AvgIpc) is 2.48. The zero-order valence-electron chi connectivity index (χ0n) is 15.6. The van der Waals surface area contributed by atoms with E-state index in [2.05, 4.69) is 23.1 Å². The van der Waals surface area contributed by atoms with Gasteiger partial charge in [0.2, 0.25) is 5.91 Å². The Labute approximate surface area is 171 Å². The predicted molar refractivity (Wildman–Crippen MR) is 100 cm³/mol. The lowest BCUT2D eigenvalue weighted by molar-refractivity contribution is -0.123. The summed E-state index contributed by atoms with van der Waals surface area (Å²) in [5, 5.41) is 5.58. The molecule has 0 saturated heterocycles. The molecular formula is C18H29IN2O3S. The molecule has 0 bridgehead atoms. The number of benzene rings is 1. The van der Waals surface area contributed by atoms with E-state index in [1.807, 2.05) is 30.3 Å². The first kappa shape index (κ1) is 24.0. The number of halogens is 1. The maximum Gasteiger partial charge on any atom is 0.408 e. The first-order chi connectivity index (χ1) is 11.2. The number of amides is 2. The number of rotatable bonds is 7. The van der Waals surface area contributed by atoms with Gasteiger partial charge in [-0.25, -0.2) is 4.79 Å². The largest absolute Gasteiger partial charge is 1.00 e. The molecule has 0 aliphatic rings. The van der Waals surface area contributed by atoms with E-state index in [9.17, 15) is 9.59 Å². The van der Waals surface area contributed by atoms with Crippen LogP contribution in [-0.4, -0.2) is 41.9 Å². The van der Waals surface area contributed by atoms with Gasteiger partial charge in [-0.3, -0.25) is 4.79 Å². The second-order valence-electron chi connectivity index (χ2n) is 6.88. The third-order valence-electron chi connectivity index (χ3n) is 3.13. The molecule has 0 fully saturated rings. The molecule has 2 N–H and O–H groups in total. The molecule has 0 spiro atoms. The normalized spacial score (nSPS) is 12.1. The first-order valence-electron chi connectivity index (χ1n) is 8.03. The molecule has 0 aliphatic heterocycles. The second-order valence-corrected chi connectivity index (χ2v) is 9.26. The molecule has 0 radical (unpaired) electrons. The van der Waals surface area contributed by atoms with Gasteiger partial charge < -0.3 is 39.3 Å².